The van der Waals surface area contributed by atoms with Gasteiger partial charge >= 0.3 is 18.4 Å². The number of benzene rings is 1. The fraction of sp³-hybridized carbons (Fsp3) is 0.600. The summed E-state index contributed by atoms with van der Waals surface area (Å²) < 4.78 is 110. The Balaban J connectivity index is 2.25. The number of amides is 2. The van der Waals surface area contributed by atoms with Crippen molar-refractivity contribution in [2.75, 3.05) is 12.3 Å². The lowest BCUT2D eigenvalue weighted by Gasteiger charge is -2.36. The van der Waals surface area contributed by atoms with Crippen LogP contribution in [0.4, 0.5) is 31.1 Å². The van der Waals surface area contributed by atoms with E-state index in [-0.39, 0.29) is 31.2 Å². The number of halogens is 6. The first kappa shape index (κ1) is 27.7. The Hall–Kier alpha value is -2.51. The summed E-state index contributed by atoms with van der Waals surface area (Å²) in [6, 6.07) is -0.811. The van der Waals surface area contributed by atoms with E-state index in [0.717, 1.165) is 0 Å². The Kier molecular flexibility index (Phi) is 7.85. The lowest BCUT2D eigenvalue weighted by molar-refractivity contribution is -0.143. The van der Waals surface area contributed by atoms with Gasteiger partial charge in [0.05, 0.1) is 22.9 Å². The van der Waals surface area contributed by atoms with E-state index in [1.54, 1.807) is 20.8 Å². The van der Waals surface area contributed by atoms with E-state index < -0.39 is 68.5 Å². The third-order valence-electron chi connectivity index (χ3n) is 4.77. The van der Waals surface area contributed by atoms with Gasteiger partial charge in [-0.3, -0.25) is 4.79 Å². The van der Waals surface area contributed by atoms with Crippen LogP contribution in [-0.2, 0) is 27.1 Å². The molecule has 0 aromatic heterocycles. The van der Waals surface area contributed by atoms with E-state index in [4.69, 9.17) is 4.74 Å². The second kappa shape index (κ2) is 9.62. The Labute approximate surface area is 192 Å². The SMILES string of the molecule is CC(C)(C)OC(=O)N1CCCCC1CS(=O)(=O)NC(=O)c1cc(C(F)(F)F)cc(C(F)(F)F)c1. The number of piperidine rings is 1. The van der Waals surface area contributed by atoms with Crippen molar-refractivity contribution in [2.45, 2.75) is 64.0 Å². The van der Waals surface area contributed by atoms with Crippen LogP contribution >= 0.6 is 0 Å². The molecule has 1 aromatic rings. The molecule has 1 N–H and O–H groups in total. The molecule has 2 rings (SSSR count). The second-order valence-electron chi connectivity index (χ2n) is 8.83. The first-order chi connectivity index (χ1) is 15.3. The Morgan fingerprint density at radius 3 is 2.00 bits per heavy atom. The molecular weight excluding hydrogens is 494 g/mol. The summed E-state index contributed by atoms with van der Waals surface area (Å²) in [4.78, 5) is 25.9. The standard InChI is InChI=1S/C20H24F6N2O5S/c1-18(2,3)33-17(30)28-7-5-4-6-15(28)11-34(31,32)27-16(29)12-8-13(19(21,22)23)10-14(9-12)20(24,25)26/h8-10,15H,4-7,11H2,1-3H3,(H,27,29). The largest absolute Gasteiger partial charge is 0.444 e. The zero-order valence-electron chi connectivity index (χ0n) is 18.5. The van der Waals surface area contributed by atoms with Gasteiger partial charge in [0.1, 0.15) is 5.60 Å². The molecule has 0 aliphatic carbocycles. The number of ether oxygens (including phenoxy) is 1. The van der Waals surface area contributed by atoms with Crippen molar-refractivity contribution in [3.05, 3.63) is 34.9 Å². The summed E-state index contributed by atoms with van der Waals surface area (Å²) in [7, 11) is -4.55. The number of carbonyl (C=O) groups is 2. The fourth-order valence-electron chi connectivity index (χ4n) is 3.32. The fourth-order valence-corrected chi connectivity index (χ4v) is 4.65. The number of nitrogens with zero attached hydrogens (tertiary/aromatic N) is 1. The van der Waals surface area contributed by atoms with Gasteiger partial charge in [0.2, 0.25) is 10.0 Å². The number of rotatable bonds is 4. The van der Waals surface area contributed by atoms with Gasteiger partial charge in [-0.2, -0.15) is 26.3 Å². The van der Waals surface area contributed by atoms with Crippen LogP contribution in [0.15, 0.2) is 18.2 Å². The smallest absolute Gasteiger partial charge is 0.416 e. The van der Waals surface area contributed by atoms with Crippen molar-refractivity contribution < 1.29 is 49.1 Å². The molecule has 1 heterocycles. The average molecular weight is 518 g/mol. The average Bonchev–Trinajstić information content (AvgIpc) is 2.64. The van der Waals surface area contributed by atoms with Crippen LogP contribution in [0.5, 0.6) is 0 Å². The van der Waals surface area contributed by atoms with Crippen LogP contribution in [0.2, 0.25) is 0 Å². The van der Waals surface area contributed by atoms with Gasteiger partial charge in [-0.25, -0.2) is 17.9 Å². The van der Waals surface area contributed by atoms with Crippen LogP contribution in [0.3, 0.4) is 0 Å². The molecule has 1 unspecified atom stereocenters. The number of hydrogen-bond acceptors (Lipinski definition) is 5. The predicted molar refractivity (Wildman–Crippen MR) is 108 cm³/mol. The van der Waals surface area contributed by atoms with Crippen LogP contribution < -0.4 is 4.72 Å². The van der Waals surface area contributed by atoms with Crippen LogP contribution in [0.25, 0.3) is 0 Å². The van der Waals surface area contributed by atoms with Crippen molar-refractivity contribution in [2.24, 2.45) is 0 Å². The molecule has 14 heteroatoms. The van der Waals surface area contributed by atoms with Crippen molar-refractivity contribution >= 4 is 22.0 Å². The van der Waals surface area contributed by atoms with Crippen LogP contribution in [0.1, 0.15) is 61.5 Å². The molecule has 34 heavy (non-hydrogen) atoms. The van der Waals surface area contributed by atoms with Crippen molar-refractivity contribution in [3.8, 4) is 0 Å². The quantitative estimate of drug-likeness (QED) is 0.590. The molecular formula is C20H24F6N2O5S. The van der Waals surface area contributed by atoms with Gasteiger partial charge in [0.25, 0.3) is 5.91 Å². The number of nitrogens with one attached hydrogen (secondary N) is 1. The normalized spacial score (nSPS) is 17.9. The minimum Gasteiger partial charge on any atom is -0.444 e. The third-order valence-corrected chi connectivity index (χ3v) is 6.09. The molecule has 0 radical (unpaired) electrons. The summed E-state index contributed by atoms with van der Waals surface area (Å²) in [5.41, 5.74) is -5.49. The van der Waals surface area contributed by atoms with E-state index in [2.05, 4.69) is 0 Å². The van der Waals surface area contributed by atoms with Crippen molar-refractivity contribution in [1.82, 2.24) is 9.62 Å². The highest BCUT2D eigenvalue weighted by molar-refractivity contribution is 7.90. The van der Waals surface area contributed by atoms with Gasteiger partial charge in [-0.05, 0) is 58.2 Å². The van der Waals surface area contributed by atoms with E-state index in [1.165, 1.54) is 9.62 Å². The maximum Gasteiger partial charge on any atom is 0.416 e. The molecule has 1 atom stereocenters. The van der Waals surface area contributed by atoms with E-state index in [0.29, 0.717) is 12.8 Å². The number of carbonyl (C=O) groups excluding carboxylic acids is 2. The lowest BCUT2D eigenvalue weighted by Crippen LogP contribution is -2.50. The van der Waals surface area contributed by atoms with Gasteiger partial charge in [-0.15, -0.1) is 0 Å². The summed E-state index contributed by atoms with van der Waals surface area (Å²) in [6.45, 7) is 5.03. The first-order valence-electron chi connectivity index (χ1n) is 10.1. The summed E-state index contributed by atoms with van der Waals surface area (Å²) >= 11 is 0. The molecule has 0 bridgehead atoms. The molecule has 2 amide bonds. The van der Waals surface area contributed by atoms with Gasteiger partial charge < -0.3 is 9.64 Å². The summed E-state index contributed by atoms with van der Waals surface area (Å²) in [6.07, 6.45) is -9.79. The highest BCUT2D eigenvalue weighted by Crippen LogP contribution is 2.36. The Morgan fingerprint density at radius 2 is 1.53 bits per heavy atom. The number of alkyl halides is 6. The van der Waals surface area contributed by atoms with Crippen molar-refractivity contribution in [1.29, 1.82) is 0 Å². The highest BCUT2D eigenvalue weighted by atomic mass is 32.2. The molecule has 0 saturated carbocycles. The lowest BCUT2D eigenvalue weighted by atomic mass is 10.0. The maximum absolute atomic E-state index is 13.0. The van der Waals surface area contributed by atoms with Crippen LogP contribution in [-0.4, -0.2) is 49.3 Å². The van der Waals surface area contributed by atoms with E-state index >= 15 is 0 Å². The monoisotopic (exact) mass is 518 g/mol. The van der Waals surface area contributed by atoms with Gasteiger partial charge in [-0.1, -0.05) is 0 Å². The predicted octanol–water partition coefficient (Wildman–Crippen LogP) is 4.57. The summed E-state index contributed by atoms with van der Waals surface area (Å²) in [5.74, 6) is -2.44. The second-order valence-corrected chi connectivity index (χ2v) is 10.6. The van der Waals surface area contributed by atoms with Crippen LogP contribution in [0, 0.1) is 0 Å². The summed E-state index contributed by atoms with van der Waals surface area (Å²) in [5, 5.41) is 0. The van der Waals surface area contributed by atoms with E-state index in [9.17, 15) is 44.3 Å². The first-order valence-corrected chi connectivity index (χ1v) is 11.8. The Morgan fingerprint density at radius 1 is 1.00 bits per heavy atom. The molecule has 192 valence electrons. The maximum atomic E-state index is 13.0. The molecule has 1 saturated heterocycles. The van der Waals surface area contributed by atoms with Gasteiger partial charge in [0.15, 0.2) is 0 Å². The molecule has 1 fully saturated rings. The Bertz CT molecular complexity index is 999. The minimum atomic E-state index is -5.20. The number of hydrogen-bond donors (Lipinski definition) is 1. The zero-order chi connectivity index (χ0) is 26.1. The third kappa shape index (κ3) is 7.77. The molecule has 0 spiro atoms. The van der Waals surface area contributed by atoms with E-state index in [1.807, 2.05) is 0 Å². The molecule has 7 nitrogen and oxygen atoms in total. The van der Waals surface area contributed by atoms with Gasteiger partial charge in [0, 0.05) is 12.1 Å². The zero-order valence-corrected chi connectivity index (χ0v) is 19.3. The molecule has 1 aromatic carbocycles. The topological polar surface area (TPSA) is 92.8 Å². The molecule has 1 aliphatic heterocycles. The number of sulfonamides is 1. The minimum absolute atomic E-state index is 0.133. The highest BCUT2D eigenvalue weighted by Gasteiger charge is 2.38. The van der Waals surface area contributed by atoms with Crippen molar-refractivity contribution in [3.63, 3.8) is 0 Å². The molecule has 1 aliphatic rings. The number of likely N-dealkylation sites (tertiary alicyclic amines) is 1.